The van der Waals surface area contributed by atoms with Crippen LogP contribution in [0.5, 0.6) is 0 Å². The molecule has 0 aromatic heterocycles. The van der Waals surface area contributed by atoms with Crippen molar-refractivity contribution in [1.82, 2.24) is 9.80 Å². The minimum absolute atomic E-state index is 0.745. The van der Waals surface area contributed by atoms with Gasteiger partial charge in [-0.15, -0.1) is 0 Å². The summed E-state index contributed by atoms with van der Waals surface area (Å²) in [6, 6.07) is 1.51. The first kappa shape index (κ1) is 14.3. The van der Waals surface area contributed by atoms with Gasteiger partial charge in [0.1, 0.15) is 0 Å². The largest absolute Gasteiger partial charge is 0.330 e. The lowest BCUT2D eigenvalue weighted by molar-refractivity contribution is 0.0646. The van der Waals surface area contributed by atoms with E-state index in [0.717, 1.165) is 24.5 Å². The maximum Gasteiger partial charge on any atom is 0.0223 e. The van der Waals surface area contributed by atoms with Crippen LogP contribution in [0.25, 0.3) is 0 Å². The lowest BCUT2D eigenvalue weighted by Crippen LogP contribution is -2.51. The van der Waals surface area contributed by atoms with Gasteiger partial charge in [0.2, 0.25) is 0 Å². The van der Waals surface area contributed by atoms with Crippen molar-refractivity contribution in [2.45, 2.75) is 57.5 Å². The van der Waals surface area contributed by atoms with Crippen LogP contribution >= 0.6 is 0 Å². The van der Waals surface area contributed by atoms with E-state index in [4.69, 9.17) is 5.73 Å². The quantitative estimate of drug-likeness (QED) is 0.834. The third-order valence-corrected chi connectivity index (χ3v) is 5.02. The van der Waals surface area contributed by atoms with E-state index in [0.29, 0.717) is 0 Å². The van der Waals surface area contributed by atoms with E-state index in [-0.39, 0.29) is 0 Å². The molecule has 0 aromatic carbocycles. The zero-order chi connectivity index (χ0) is 13.0. The van der Waals surface area contributed by atoms with Gasteiger partial charge in [-0.25, -0.2) is 0 Å². The van der Waals surface area contributed by atoms with Gasteiger partial charge in [-0.3, -0.25) is 4.90 Å². The van der Waals surface area contributed by atoms with Gasteiger partial charge in [0.25, 0.3) is 0 Å². The average Bonchev–Trinajstić information content (AvgIpc) is 2.60. The predicted octanol–water partition coefficient (Wildman–Crippen LogP) is 1.92. The van der Waals surface area contributed by atoms with Crippen LogP contribution in [0.1, 0.15) is 45.4 Å². The number of hydrogen-bond acceptors (Lipinski definition) is 3. The SMILES string of the molecule is CCC1CN(C)CCCN1C1CCCCC1CN. The minimum atomic E-state index is 0.745. The fourth-order valence-electron chi connectivity index (χ4n) is 3.96. The molecule has 0 amide bonds. The molecule has 0 radical (unpaired) electrons. The van der Waals surface area contributed by atoms with Crippen LogP contribution in [-0.2, 0) is 0 Å². The Kier molecular flexibility index (Phi) is 5.46. The molecule has 1 aliphatic carbocycles. The highest BCUT2D eigenvalue weighted by Crippen LogP contribution is 2.30. The van der Waals surface area contributed by atoms with E-state index in [1.54, 1.807) is 0 Å². The standard InChI is InChI=1S/C15H31N3/c1-3-14-12-17(2)9-6-10-18(14)15-8-5-4-7-13(15)11-16/h13-15H,3-12,16H2,1-2H3. The molecule has 3 unspecified atom stereocenters. The first-order valence-electron chi connectivity index (χ1n) is 7.90. The topological polar surface area (TPSA) is 32.5 Å². The molecule has 0 aromatic rings. The summed E-state index contributed by atoms with van der Waals surface area (Å²) in [5.41, 5.74) is 6.02. The highest BCUT2D eigenvalue weighted by molar-refractivity contribution is 4.89. The van der Waals surface area contributed by atoms with Crippen molar-refractivity contribution in [3.63, 3.8) is 0 Å². The van der Waals surface area contributed by atoms with Crippen molar-refractivity contribution in [1.29, 1.82) is 0 Å². The zero-order valence-electron chi connectivity index (χ0n) is 12.3. The molecule has 2 fully saturated rings. The summed E-state index contributed by atoms with van der Waals surface area (Å²) in [4.78, 5) is 5.33. The molecule has 2 N–H and O–H groups in total. The molecular weight excluding hydrogens is 222 g/mol. The Labute approximate surface area is 113 Å². The van der Waals surface area contributed by atoms with Gasteiger partial charge in [0.05, 0.1) is 0 Å². The fourth-order valence-corrected chi connectivity index (χ4v) is 3.96. The Bertz CT molecular complexity index is 244. The molecule has 1 saturated carbocycles. The number of nitrogens with two attached hydrogens (primary N) is 1. The molecule has 1 saturated heterocycles. The van der Waals surface area contributed by atoms with Gasteiger partial charge >= 0.3 is 0 Å². The second-order valence-electron chi connectivity index (χ2n) is 6.26. The smallest absolute Gasteiger partial charge is 0.0223 e. The Balaban J connectivity index is 2.07. The van der Waals surface area contributed by atoms with Crippen molar-refractivity contribution in [3.8, 4) is 0 Å². The lowest BCUT2D eigenvalue weighted by Gasteiger charge is -2.43. The first-order chi connectivity index (χ1) is 8.76. The second kappa shape index (κ2) is 6.88. The van der Waals surface area contributed by atoms with Crippen LogP contribution in [-0.4, -0.2) is 55.1 Å². The number of nitrogens with zero attached hydrogens (tertiary/aromatic N) is 2. The molecule has 0 spiro atoms. The lowest BCUT2D eigenvalue weighted by atomic mass is 9.82. The number of hydrogen-bond donors (Lipinski definition) is 1. The Morgan fingerprint density at radius 3 is 2.61 bits per heavy atom. The van der Waals surface area contributed by atoms with Crippen LogP contribution in [0.4, 0.5) is 0 Å². The molecule has 1 heterocycles. The van der Waals surface area contributed by atoms with Gasteiger partial charge in [-0.2, -0.15) is 0 Å². The van der Waals surface area contributed by atoms with Crippen LogP contribution in [0.2, 0.25) is 0 Å². The molecule has 3 atom stereocenters. The van der Waals surface area contributed by atoms with E-state index in [1.807, 2.05) is 0 Å². The van der Waals surface area contributed by atoms with Gasteiger partial charge < -0.3 is 10.6 Å². The van der Waals surface area contributed by atoms with E-state index in [2.05, 4.69) is 23.8 Å². The van der Waals surface area contributed by atoms with Crippen molar-refractivity contribution in [2.24, 2.45) is 11.7 Å². The fraction of sp³-hybridized carbons (Fsp3) is 1.00. The van der Waals surface area contributed by atoms with Gasteiger partial charge in [0.15, 0.2) is 0 Å². The molecular formula is C15H31N3. The number of likely N-dealkylation sites (N-methyl/N-ethyl adjacent to an activating group) is 1. The maximum atomic E-state index is 6.02. The van der Waals surface area contributed by atoms with Gasteiger partial charge in [-0.1, -0.05) is 19.8 Å². The normalized spacial score (nSPS) is 36.5. The van der Waals surface area contributed by atoms with Crippen molar-refractivity contribution in [3.05, 3.63) is 0 Å². The van der Waals surface area contributed by atoms with Crippen LogP contribution in [0.3, 0.4) is 0 Å². The molecule has 1 aliphatic heterocycles. The molecule has 18 heavy (non-hydrogen) atoms. The third kappa shape index (κ3) is 3.25. The summed E-state index contributed by atoms with van der Waals surface area (Å²) in [6.45, 7) is 7.01. The summed E-state index contributed by atoms with van der Waals surface area (Å²) in [5.74, 6) is 0.746. The molecule has 0 bridgehead atoms. The van der Waals surface area contributed by atoms with Gasteiger partial charge in [0, 0.05) is 25.2 Å². The monoisotopic (exact) mass is 253 g/mol. The summed E-state index contributed by atoms with van der Waals surface area (Å²) >= 11 is 0. The summed E-state index contributed by atoms with van der Waals surface area (Å²) in [7, 11) is 2.27. The highest BCUT2D eigenvalue weighted by atomic mass is 15.3. The minimum Gasteiger partial charge on any atom is -0.330 e. The summed E-state index contributed by atoms with van der Waals surface area (Å²) in [6.07, 6.45) is 8.12. The predicted molar refractivity (Wildman–Crippen MR) is 77.7 cm³/mol. The maximum absolute atomic E-state index is 6.02. The molecule has 3 nitrogen and oxygen atoms in total. The van der Waals surface area contributed by atoms with Crippen molar-refractivity contribution < 1.29 is 0 Å². The molecule has 106 valence electrons. The van der Waals surface area contributed by atoms with Crippen molar-refractivity contribution in [2.75, 3.05) is 33.2 Å². The Hall–Kier alpha value is -0.120. The molecule has 3 heteroatoms. The first-order valence-corrected chi connectivity index (χ1v) is 7.90. The summed E-state index contributed by atoms with van der Waals surface area (Å²) in [5, 5.41) is 0. The number of rotatable bonds is 3. The third-order valence-electron chi connectivity index (χ3n) is 5.02. The van der Waals surface area contributed by atoms with Gasteiger partial charge in [-0.05, 0) is 51.7 Å². The van der Waals surface area contributed by atoms with E-state index in [9.17, 15) is 0 Å². The molecule has 2 aliphatic rings. The zero-order valence-corrected chi connectivity index (χ0v) is 12.3. The van der Waals surface area contributed by atoms with Crippen LogP contribution in [0, 0.1) is 5.92 Å². The Morgan fingerprint density at radius 2 is 1.89 bits per heavy atom. The van der Waals surface area contributed by atoms with E-state index >= 15 is 0 Å². The highest BCUT2D eigenvalue weighted by Gasteiger charge is 2.33. The average molecular weight is 253 g/mol. The molecule has 2 rings (SSSR count). The van der Waals surface area contributed by atoms with E-state index in [1.165, 1.54) is 58.2 Å². The van der Waals surface area contributed by atoms with Crippen LogP contribution < -0.4 is 5.73 Å². The van der Waals surface area contributed by atoms with E-state index < -0.39 is 0 Å². The summed E-state index contributed by atoms with van der Waals surface area (Å²) < 4.78 is 0. The second-order valence-corrected chi connectivity index (χ2v) is 6.26. The van der Waals surface area contributed by atoms with Crippen LogP contribution in [0.15, 0.2) is 0 Å². The Morgan fingerprint density at radius 1 is 1.11 bits per heavy atom. The van der Waals surface area contributed by atoms with Crippen molar-refractivity contribution >= 4 is 0 Å².